The molecule has 8 heteroatoms. The first-order valence-corrected chi connectivity index (χ1v) is 7.09. The Kier molecular flexibility index (Phi) is 4.92. The van der Waals surface area contributed by atoms with Gasteiger partial charge in [0.1, 0.15) is 13.1 Å². The average Bonchev–Trinajstić information content (AvgIpc) is 2.38. The molecule has 0 atom stereocenters. The standard InChI is InChI=1S/C12H15N5O2S/c1-16(2)20(18,19)10-3-4-12(11(15)9-10)17(7-5-13)8-6-14/h3-4,9H,7-8,15H2,1-2H3. The second kappa shape index (κ2) is 6.24. The normalized spacial score (nSPS) is 10.8. The molecule has 1 rings (SSSR count). The molecule has 0 fully saturated rings. The van der Waals surface area contributed by atoms with Crippen LogP contribution in [-0.4, -0.2) is 39.9 Å². The van der Waals surface area contributed by atoms with Gasteiger partial charge in [0.25, 0.3) is 0 Å². The minimum atomic E-state index is -3.56. The fourth-order valence-corrected chi connectivity index (χ4v) is 2.53. The van der Waals surface area contributed by atoms with Crippen LogP contribution in [-0.2, 0) is 10.0 Å². The van der Waals surface area contributed by atoms with Gasteiger partial charge in [-0.25, -0.2) is 12.7 Å². The Bertz CT molecular complexity index is 654. The number of benzene rings is 1. The van der Waals surface area contributed by atoms with Crippen LogP contribution < -0.4 is 10.6 Å². The monoisotopic (exact) mass is 293 g/mol. The SMILES string of the molecule is CN(C)S(=O)(=O)c1ccc(N(CC#N)CC#N)c(N)c1. The van der Waals surface area contributed by atoms with Crippen molar-refractivity contribution in [3.8, 4) is 12.1 Å². The largest absolute Gasteiger partial charge is 0.397 e. The van der Waals surface area contributed by atoms with Crippen molar-refractivity contribution >= 4 is 21.4 Å². The van der Waals surface area contributed by atoms with Crippen LogP contribution in [0.25, 0.3) is 0 Å². The summed E-state index contributed by atoms with van der Waals surface area (Å²) in [5, 5.41) is 17.5. The van der Waals surface area contributed by atoms with E-state index in [1.54, 1.807) is 0 Å². The maximum absolute atomic E-state index is 12.0. The zero-order chi connectivity index (χ0) is 15.3. The van der Waals surface area contributed by atoms with Crippen LogP contribution in [0.15, 0.2) is 23.1 Å². The number of rotatable bonds is 5. The van der Waals surface area contributed by atoms with Gasteiger partial charge in [-0.15, -0.1) is 0 Å². The molecular formula is C12H15N5O2S. The van der Waals surface area contributed by atoms with Crippen LogP contribution in [0.5, 0.6) is 0 Å². The summed E-state index contributed by atoms with van der Waals surface area (Å²) in [4.78, 5) is 1.54. The molecule has 0 aliphatic carbocycles. The summed E-state index contributed by atoms with van der Waals surface area (Å²) in [5.74, 6) is 0. The lowest BCUT2D eigenvalue weighted by Crippen LogP contribution is -2.26. The summed E-state index contributed by atoms with van der Waals surface area (Å²) in [6.45, 7) is -0.00489. The Balaban J connectivity index is 3.24. The predicted octanol–water partition coefficient (Wildman–Crippen LogP) is 0.373. The first-order chi connectivity index (χ1) is 9.34. The third kappa shape index (κ3) is 3.18. The van der Waals surface area contributed by atoms with E-state index < -0.39 is 10.0 Å². The summed E-state index contributed by atoms with van der Waals surface area (Å²) < 4.78 is 25.0. The Morgan fingerprint density at radius 1 is 1.20 bits per heavy atom. The van der Waals surface area contributed by atoms with Crippen LogP contribution in [0.4, 0.5) is 11.4 Å². The average molecular weight is 293 g/mol. The minimum absolute atomic E-state index is 0.00244. The van der Waals surface area contributed by atoms with Gasteiger partial charge in [-0.1, -0.05) is 0 Å². The van der Waals surface area contributed by atoms with Gasteiger partial charge in [0.15, 0.2) is 0 Å². The van der Waals surface area contributed by atoms with Crippen molar-refractivity contribution in [3.05, 3.63) is 18.2 Å². The zero-order valence-corrected chi connectivity index (χ0v) is 12.1. The van der Waals surface area contributed by atoms with Crippen molar-refractivity contribution in [2.75, 3.05) is 37.8 Å². The van der Waals surface area contributed by atoms with Crippen LogP contribution in [0.2, 0.25) is 0 Å². The lowest BCUT2D eigenvalue weighted by molar-refractivity contribution is 0.521. The summed E-state index contributed by atoms with van der Waals surface area (Å²) in [5.41, 5.74) is 6.51. The van der Waals surface area contributed by atoms with Crippen LogP contribution in [0, 0.1) is 22.7 Å². The maximum atomic E-state index is 12.0. The molecule has 0 heterocycles. The number of hydrogen-bond donors (Lipinski definition) is 1. The summed E-state index contributed by atoms with van der Waals surface area (Å²) in [6.07, 6.45) is 0. The van der Waals surface area contributed by atoms with Gasteiger partial charge < -0.3 is 10.6 Å². The highest BCUT2D eigenvalue weighted by molar-refractivity contribution is 7.89. The van der Waals surface area contributed by atoms with Crippen molar-refractivity contribution in [2.24, 2.45) is 0 Å². The molecule has 1 aromatic carbocycles. The molecule has 7 nitrogen and oxygen atoms in total. The van der Waals surface area contributed by atoms with E-state index in [0.29, 0.717) is 5.69 Å². The Morgan fingerprint density at radius 2 is 1.75 bits per heavy atom. The smallest absolute Gasteiger partial charge is 0.242 e. The quantitative estimate of drug-likeness (QED) is 0.619. The molecule has 20 heavy (non-hydrogen) atoms. The Morgan fingerprint density at radius 3 is 2.15 bits per heavy atom. The molecule has 0 saturated heterocycles. The number of anilines is 2. The van der Waals surface area contributed by atoms with Crippen LogP contribution in [0.3, 0.4) is 0 Å². The number of nitrogens with two attached hydrogens (primary N) is 1. The van der Waals surface area contributed by atoms with E-state index in [2.05, 4.69) is 0 Å². The summed E-state index contributed by atoms with van der Waals surface area (Å²) in [7, 11) is -0.706. The summed E-state index contributed by atoms with van der Waals surface area (Å²) in [6, 6.07) is 8.10. The molecule has 0 spiro atoms. The van der Waals surface area contributed by atoms with E-state index >= 15 is 0 Å². The van der Waals surface area contributed by atoms with Crippen molar-refractivity contribution < 1.29 is 8.42 Å². The highest BCUT2D eigenvalue weighted by Crippen LogP contribution is 2.27. The molecule has 1 aromatic rings. The Hall–Kier alpha value is -2.29. The first kappa shape index (κ1) is 15.8. The molecule has 0 bridgehead atoms. The third-order valence-electron chi connectivity index (χ3n) is 2.64. The molecule has 0 aromatic heterocycles. The van der Waals surface area contributed by atoms with Crippen molar-refractivity contribution in [3.63, 3.8) is 0 Å². The van der Waals surface area contributed by atoms with E-state index in [9.17, 15) is 8.42 Å². The zero-order valence-electron chi connectivity index (χ0n) is 11.2. The second-order valence-corrected chi connectivity index (χ2v) is 6.33. The molecule has 0 amide bonds. The van der Waals surface area contributed by atoms with Gasteiger partial charge in [-0.2, -0.15) is 10.5 Å². The topological polar surface area (TPSA) is 114 Å². The third-order valence-corrected chi connectivity index (χ3v) is 4.45. The lowest BCUT2D eigenvalue weighted by atomic mass is 10.2. The van der Waals surface area contributed by atoms with E-state index in [1.165, 1.54) is 37.2 Å². The Labute approximate surface area is 118 Å². The van der Waals surface area contributed by atoms with Gasteiger partial charge in [0.2, 0.25) is 10.0 Å². The molecule has 0 aliphatic rings. The van der Waals surface area contributed by atoms with Crippen molar-refractivity contribution in [1.82, 2.24) is 4.31 Å². The highest BCUT2D eigenvalue weighted by atomic mass is 32.2. The van der Waals surface area contributed by atoms with Crippen LogP contribution >= 0.6 is 0 Å². The van der Waals surface area contributed by atoms with Gasteiger partial charge in [-0.05, 0) is 18.2 Å². The highest BCUT2D eigenvalue weighted by Gasteiger charge is 2.19. The van der Waals surface area contributed by atoms with E-state index in [-0.39, 0.29) is 23.7 Å². The lowest BCUT2D eigenvalue weighted by Gasteiger charge is -2.21. The first-order valence-electron chi connectivity index (χ1n) is 5.65. The summed E-state index contributed by atoms with van der Waals surface area (Å²) >= 11 is 0. The molecule has 0 radical (unpaired) electrons. The van der Waals surface area contributed by atoms with Gasteiger partial charge in [0, 0.05) is 14.1 Å². The number of nitriles is 2. The fraction of sp³-hybridized carbons (Fsp3) is 0.333. The second-order valence-electron chi connectivity index (χ2n) is 4.18. The van der Waals surface area contributed by atoms with E-state index in [4.69, 9.17) is 16.3 Å². The van der Waals surface area contributed by atoms with Crippen molar-refractivity contribution in [2.45, 2.75) is 4.90 Å². The predicted molar refractivity (Wildman–Crippen MR) is 75.2 cm³/mol. The van der Waals surface area contributed by atoms with E-state index in [1.807, 2.05) is 12.1 Å². The number of nitrogens with zero attached hydrogens (tertiary/aromatic N) is 4. The minimum Gasteiger partial charge on any atom is -0.397 e. The maximum Gasteiger partial charge on any atom is 0.242 e. The number of sulfonamides is 1. The van der Waals surface area contributed by atoms with E-state index in [0.717, 1.165) is 4.31 Å². The van der Waals surface area contributed by atoms with Gasteiger partial charge in [0.05, 0.1) is 28.4 Å². The molecular weight excluding hydrogens is 278 g/mol. The van der Waals surface area contributed by atoms with Crippen LogP contribution in [0.1, 0.15) is 0 Å². The molecule has 2 N–H and O–H groups in total. The molecule has 0 unspecified atom stereocenters. The van der Waals surface area contributed by atoms with Gasteiger partial charge in [-0.3, -0.25) is 0 Å². The van der Waals surface area contributed by atoms with Crippen molar-refractivity contribution in [1.29, 1.82) is 10.5 Å². The molecule has 0 aliphatic heterocycles. The van der Waals surface area contributed by atoms with Gasteiger partial charge >= 0.3 is 0 Å². The number of nitrogen functional groups attached to an aromatic ring is 1. The molecule has 106 valence electrons. The number of hydrogen-bond acceptors (Lipinski definition) is 6. The molecule has 0 saturated carbocycles. The fourth-order valence-electron chi connectivity index (χ4n) is 1.59.